The van der Waals surface area contributed by atoms with Gasteiger partial charge in [0.2, 0.25) is 10.0 Å². The maximum atomic E-state index is 12.6. The van der Waals surface area contributed by atoms with Gasteiger partial charge in [-0.25, -0.2) is 8.42 Å². The number of amides is 1. The van der Waals surface area contributed by atoms with E-state index in [-0.39, 0.29) is 5.91 Å². The molecule has 0 unspecified atom stereocenters. The van der Waals surface area contributed by atoms with Gasteiger partial charge in [0, 0.05) is 17.3 Å². The number of anilines is 2. The van der Waals surface area contributed by atoms with E-state index in [0.717, 1.165) is 18.4 Å². The van der Waals surface area contributed by atoms with Crippen LogP contribution in [0.2, 0.25) is 5.02 Å². The Morgan fingerprint density at radius 3 is 2.69 bits per heavy atom. The van der Waals surface area contributed by atoms with Crippen LogP contribution in [0.3, 0.4) is 0 Å². The van der Waals surface area contributed by atoms with E-state index in [2.05, 4.69) is 5.32 Å². The van der Waals surface area contributed by atoms with E-state index in [9.17, 15) is 13.2 Å². The SMILES string of the molecule is COc1ccc(Cl)cc1C(=O)Nc1ccc2c(c1)CCCN2S(C)(=O)=O. The van der Waals surface area contributed by atoms with Crippen molar-refractivity contribution in [1.82, 2.24) is 0 Å². The highest BCUT2D eigenvalue weighted by atomic mass is 35.5. The van der Waals surface area contributed by atoms with Gasteiger partial charge in [-0.15, -0.1) is 0 Å². The Hall–Kier alpha value is -2.25. The first-order chi connectivity index (χ1) is 12.3. The van der Waals surface area contributed by atoms with Gasteiger partial charge in [0.1, 0.15) is 5.75 Å². The third-order valence-corrected chi connectivity index (χ3v) is 5.63. The minimum Gasteiger partial charge on any atom is -0.496 e. The summed E-state index contributed by atoms with van der Waals surface area (Å²) in [6.45, 7) is 0.469. The van der Waals surface area contributed by atoms with Gasteiger partial charge in [0.25, 0.3) is 5.91 Å². The monoisotopic (exact) mass is 394 g/mol. The van der Waals surface area contributed by atoms with E-state index in [1.165, 1.54) is 17.7 Å². The van der Waals surface area contributed by atoms with Crippen LogP contribution in [-0.4, -0.2) is 34.2 Å². The average Bonchev–Trinajstić information content (AvgIpc) is 2.60. The standard InChI is InChI=1S/C18H19ClN2O4S/c1-25-17-8-5-13(19)11-15(17)18(22)20-14-6-7-16-12(10-14)4-3-9-21(16)26(2,23)24/h5-8,10-11H,3-4,9H2,1-2H3,(H,20,22). The van der Waals surface area contributed by atoms with Gasteiger partial charge in [0.05, 0.1) is 24.6 Å². The van der Waals surface area contributed by atoms with Gasteiger partial charge in [-0.2, -0.15) is 0 Å². The van der Waals surface area contributed by atoms with Crippen molar-refractivity contribution in [2.75, 3.05) is 29.5 Å². The first kappa shape index (κ1) is 18.5. The second-order valence-electron chi connectivity index (χ2n) is 6.08. The van der Waals surface area contributed by atoms with Crippen LogP contribution in [-0.2, 0) is 16.4 Å². The fourth-order valence-electron chi connectivity index (χ4n) is 3.04. The highest BCUT2D eigenvalue weighted by molar-refractivity contribution is 7.92. The zero-order valence-corrected chi connectivity index (χ0v) is 16.0. The van der Waals surface area contributed by atoms with E-state index >= 15 is 0 Å². The topological polar surface area (TPSA) is 75.7 Å². The second kappa shape index (κ2) is 7.17. The Morgan fingerprint density at radius 2 is 2.00 bits per heavy atom. The molecule has 3 rings (SSSR count). The van der Waals surface area contributed by atoms with Crippen LogP contribution in [0.5, 0.6) is 5.75 Å². The Labute approximate surface area is 157 Å². The van der Waals surface area contributed by atoms with Crippen molar-refractivity contribution in [3.05, 3.63) is 52.5 Å². The number of hydrogen-bond acceptors (Lipinski definition) is 4. The Bertz CT molecular complexity index is 960. The van der Waals surface area contributed by atoms with Crippen molar-refractivity contribution in [3.63, 3.8) is 0 Å². The molecular weight excluding hydrogens is 376 g/mol. The predicted molar refractivity (Wildman–Crippen MR) is 103 cm³/mol. The predicted octanol–water partition coefficient (Wildman–Crippen LogP) is 3.31. The van der Waals surface area contributed by atoms with Crippen molar-refractivity contribution in [3.8, 4) is 5.75 Å². The van der Waals surface area contributed by atoms with Crippen molar-refractivity contribution in [2.45, 2.75) is 12.8 Å². The Balaban J connectivity index is 1.88. The second-order valence-corrected chi connectivity index (χ2v) is 8.42. The molecule has 1 N–H and O–H groups in total. The number of aryl methyl sites for hydroxylation is 1. The van der Waals surface area contributed by atoms with Crippen LogP contribution in [0.25, 0.3) is 0 Å². The fourth-order valence-corrected chi connectivity index (χ4v) is 4.21. The molecule has 0 aliphatic carbocycles. The molecular formula is C18H19ClN2O4S. The largest absolute Gasteiger partial charge is 0.496 e. The molecule has 1 heterocycles. The number of carbonyl (C=O) groups excluding carboxylic acids is 1. The van der Waals surface area contributed by atoms with E-state index in [4.69, 9.17) is 16.3 Å². The summed E-state index contributed by atoms with van der Waals surface area (Å²) in [6.07, 6.45) is 2.69. The molecule has 0 saturated heterocycles. The number of benzene rings is 2. The number of methoxy groups -OCH3 is 1. The normalized spacial score (nSPS) is 13.9. The van der Waals surface area contributed by atoms with E-state index in [1.54, 1.807) is 30.3 Å². The highest BCUT2D eigenvalue weighted by Gasteiger charge is 2.24. The minimum absolute atomic E-state index is 0.329. The van der Waals surface area contributed by atoms with Gasteiger partial charge < -0.3 is 10.1 Å². The lowest BCUT2D eigenvalue weighted by molar-refractivity contribution is 0.102. The van der Waals surface area contributed by atoms with Crippen LogP contribution in [0.4, 0.5) is 11.4 Å². The molecule has 0 saturated carbocycles. The lowest BCUT2D eigenvalue weighted by Gasteiger charge is -2.29. The number of sulfonamides is 1. The molecule has 0 bridgehead atoms. The maximum absolute atomic E-state index is 12.6. The van der Waals surface area contributed by atoms with Crippen molar-refractivity contribution >= 4 is 38.9 Å². The molecule has 2 aromatic carbocycles. The lowest BCUT2D eigenvalue weighted by Crippen LogP contribution is -2.34. The third-order valence-electron chi connectivity index (χ3n) is 4.22. The summed E-state index contributed by atoms with van der Waals surface area (Å²) in [5.74, 6) is 0.0770. The molecule has 138 valence electrons. The van der Waals surface area contributed by atoms with Crippen LogP contribution in [0.15, 0.2) is 36.4 Å². The molecule has 26 heavy (non-hydrogen) atoms. The van der Waals surface area contributed by atoms with Crippen LogP contribution < -0.4 is 14.4 Å². The third kappa shape index (κ3) is 3.78. The maximum Gasteiger partial charge on any atom is 0.259 e. The smallest absolute Gasteiger partial charge is 0.259 e. The molecule has 1 amide bonds. The van der Waals surface area contributed by atoms with Gasteiger partial charge in [0.15, 0.2) is 0 Å². The Kier molecular flexibility index (Phi) is 5.11. The van der Waals surface area contributed by atoms with Gasteiger partial charge in [-0.05, 0) is 54.8 Å². The molecule has 0 radical (unpaired) electrons. The molecule has 1 aliphatic heterocycles. The number of rotatable bonds is 4. The number of halogens is 1. The van der Waals surface area contributed by atoms with Crippen LogP contribution >= 0.6 is 11.6 Å². The molecule has 8 heteroatoms. The number of carbonyl (C=O) groups is 1. The summed E-state index contributed by atoms with van der Waals surface area (Å²) in [6, 6.07) is 10.0. The van der Waals surface area contributed by atoms with Crippen molar-refractivity contribution in [1.29, 1.82) is 0 Å². The molecule has 0 aromatic heterocycles. The molecule has 6 nitrogen and oxygen atoms in total. The zero-order valence-electron chi connectivity index (χ0n) is 14.5. The summed E-state index contributed by atoms with van der Waals surface area (Å²) >= 11 is 5.98. The number of nitrogens with one attached hydrogen (secondary N) is 1. The fraction of sp³-hybridized carbons (Fsp3) is 0.278. The summed E-state index contributed by atoms with van der Waals surface area (Å²) in [5, 5.41) is 3.25. The number of nitrogens with zero attached hydrogens (tertiary/aromatic N) is 1. The molecule has 2 aromatic rings. The number of ether oxygens (including phenoxy) is 1. The molecule has 0 fully saturated rings. The lowest BCUT2D eigenvalue weighted by atomic mass is 10.0. The van der Waals surface area contributed by atoms with Crippen LogP contribution in [0.1, 0.15) is 22.3 Å². The van der Waals surface area contributed by atoms with Crippen molar-refractivity contribution in [2.24, 2.45) is 0 Å². The van der Waals surface area contributed by atoms with E-state index < -0.39 is 10.0 Å². The minimum atomic E-state index is -3.32. The summed E-state index contributed by atoms with van der Waals surface area (Å²) in [4.78, 5) is 12.6. The Morgan fingerprint density at radius 1 is 1.23 bits per heavy atom. The molecule has 1 aliphatic rings. The molecule has 0 spiro atoms. The van der Waals surface area contributed by atoms with E-state index in [0.29, 0.717) is 34.3 Å². The van der Waals surface area contributed by atoms with Gasteiger partial charge >= 0.3 is 0 Å². The molecule has 0 atom stereocenters. The van der Waals surface area contributed by atoms with Crippen LogP contribution in [0, 0.1) is 0 Å². The average molecular weight is 395 g/mol. The van der Waals surface area contributed by atoms with Gasteiger partial charge in [-0.1, -0.05) is 11.6 Å². The van der Waals surface area contributed by atoms with Gasteiger partial charge in [-0.3, -0.25) is 9.10 Å². The summed E-state index contributed by atoms with van der Waals surface area (Å²) in [7, 11) is -1.83. The number of fused-ring (bicyclic) bond motifs is 1. The number of hydrogen-bond donors (Lipinski definition) is 1. The summed E-state index contributed by atoms with van der Waals surface area (Å²) < 4.78 is 30.5. The van der Waals surface area contributed by atoms with Crippen molar-refractivity contribution < 1.29 is 17.9 Å². The highest BCUT2D eigenvalue weighted by Crippen LogP contribution is 2.32. The zero-order chi connectivity index (χ0) is 18.9. The quantitative estimate of drug-likeness (QED) is 0.863. The first-order valence-electron chi connectivity index (χ1n) is 8.05. The first-order valence-corrected chi connectivity index (χ1v) is 10.3. The summed E-state index contributed by atoms with van der Waals surface area (Å²) in [5.41, 5.74) is 2.47. The van der Waals surface area contributed by atoms with E-state index in [1.807, 2.05) is 6.07 Å².